The molecule has 0 amide bonds. The summed E-state index contributed by atoms with van der Waals surface area (Å²) in [6.07, 6.45) is 1.25. The molecule has 1 aromatic rings. The molecule has 0 aliphatic carbocycles. The van der Waals surface area contributed by atoms with E-state index in [-0.39, 0.29) is 21.5 Å². The number of benzene rings is 1. The molecule has 1 aromatic carbocycles. The van der Waals surface area contributed by atoms with Gasteiger partial charge < -0.3 is 5.73 Å². The third-order valence-corrected chi connectivity index (χ3v) is 6.01. The van der Waals surface area contributed by atoms with E-state index in [1.165, 1.54) is 16.4 Å². The highest BCUT2D eigenvalue weighted by atomic mass is 79.9. The molecule has 1 aliphatic heterocycles. The third kappa shape index (κ3) is 2.99. The molecule has 106 valence electrons. The zero-order valence-electron chi connectivity index (χ0n) is 10.5. The first-order valence-corrected chi connectivity index (χ1v) is 8.28. The van der Waals surface area contributed by atoms with Crippen molar-refractivity contribution in [3.63, 3.8) is 0 Å². The maximum absolute atomic E-state index is 13.5. The highest BCUT2D eigenvalue weighted by molar-refractivity contribution is 9.10. The summed E-state index contributed by atoms with van der Waals surface area (Å²) in [7, 11) is -3.66. The van der Waals surface area contributed by atoms with E-state index >= 15 is 0 Å². The van der Waals surface area contributed by atoms with E-state index in [2.05, 4.69) is 15.9 Å². The van der Waals surface area contributed by atoms with E-state index < -0.39 is 15.8 Å². The predicted octanol–water partition coefficient (Wildman–Crippen LogP) is 2.09. The molecule has 1 aliphatic rings. The first kappa shape index (κ1) is 14.9. The van der Waals surface area contributed by atoms with E-state index in [0.29, 0.717) is 19.4 Å². The molecule has 0 aromatic heterocycles. The Morgan fingerprint density at radius 2 is 2.16 bits per heavy atom. The first-order valence-electron chi connectivity index (χ1n) is 6.05. The summed E-state index contributed by atoms with van der Waals surface area (Å²) in [5.41, 5.74) is 5.83. The minimum Gasteiger partial charge on any atom is -0.328 e. The molecule has 0 saturated carbocycles. The lowest BCUT2D eigenvalue weighted by atomic mass is 10.0. The smallest absolute Gasteiger partial charge is 0.243 e. The van der Waals surface area contributed by atoms with Crippen LogP contribution in [0.2, 0.25) is 0 Å². The van der Waals surface area contributed by atoms with Crippen molar-refractivity contribution in [3.8, 4) is 0 Å². The predicted molar refractivity (Wildman–Crippen MR) is 74.7 cm³/mol. The van der Waals surface area contributed by atoms with Gasteiger partial charge >= 0.3 is 0 Å². The molecular formula is C12H16BrFN2O2S. The Morgan fingerprint density at radius 3 is 2.74 bits per heavy atom. The van der Waals surface area contributed by atoms with Gasteiger partial charge in [0, 0.05) is 18.6 Å². The van der Waals surface area contributed by atoms with Crippen LogP contribution in [0.25, 0.3) is 0 Å². The number of hydrogen-bond acceptors (Lipinski definition) is 3. The zero-order valence-corrected chi connectivity index (χ0v) is 12.9. The van der Waals surface area contributed by atoms with Crippen LogP contribution in [-0.4, -0.2) is 31.4 Å². The molecule has 2 atom stereocenters. The second kappa shape index (κ2) is 5.47. The molecule has 7 heteroatoms. The molecule has 0 bridgehead atoms. The average molecular weight is 351 g/mol. The van der Waals surface area contributed by atoms with Gasteiger partial charge in [-0.05, 0) is 53.9 Å². The van der Waals surface area contributed by atoms with Crippen molar-refractivity contribution in [2.75, 3.05) is 6.54 Å². The number of sulfonamides is 1. The Kier molecular flexibility index (Phi) is 4.29. The average Bonchev–Trinajstić information content (AvgIpc) is 2.32. The van der Waals surface area contributed by atoms with Crippen LogP contribution in [0.5, 0.6) is 0 Å². The van der Waals surface area contributed by atoms with Gasteiger partial charge in [0.2, 0.25) is 10.0 Å². The van der Waals surface area contributed by atoms with Crippen LogP contribution in [0.1, 0.15) is 19.8 Å². The molecule has 2 N–H and O–H groups in total. The summed E-state index contributed by atoms with van der Waals surface area (Å²) in [4.78, 5) is -0.0180. The topological polar surface area (TPSA) is 63.4 Å². The number of rotatable bonds is 2. The lowest BCUT2D eigenvalue weighted by molar-refractivity contribution is 0.247. The molecule has 1 heterocycles. The van der Waals surface area contributed by atoms with Crippen LogP contribution in [0.15, 0.2) is 27.6 Å². The number of hydrogen-bond donors (Lipinski definition) is 1. The second-order valence-electron chi connectivity index (χ2n) is 4.83. The summed E-state index contributed by atoms with van der Waals surface area (Å²) < 4.78 is 40.1. The molecule has 19 heavy (non-hydrogen) atoms. The quantitative estimate of drug-likeness (QED) is 0.888. The maximum atomic E-state index is 13.5. The van der Waals surface area contributed by atoms with Gasteiger partial charge in [-0.1, -0.05) is 0 Å². The Bertz CT molecular complexity index is 579. The van der Waals surface area contributed by atoms with Gasteiger partial charge in [-0.2, -0.15) is 4.31 Å². The van der Waals surface area contributed by atoms with Crippen molar-refractivity contribution in [3.05, 3.63) is 28.5 Å². The Labute approximate surface area is 121 Å². The normalized spacial score (nSPS) is 25.5. The van der Waals surface area contributed by atoms with E-state index in [0.717, 1.165) is 6.07 Å². The minimum atomic E-state index is -3.66. The summed E-state index contributed by atoms with van der Waals surface area (Å²) in [6.45, 7) is 2.20. The Balaban J connectivity index is 2.34. The molecule has 2 unspecified atom stereocenters. The van der Waals surface area contributed by atoms with E-state index in [1.807, 2.05) is 6.92 Å². The van der Waals surface area contributed by atoms with Gasteiger partial charge in [-0.3, -0.25) is 0 Å². The molecule has 1 fully saturated rings. The highest BCUT2D eigenvalue weighted by Crippen LogP contribution is 2.26. The first-order chi connectivity index (χ1) is 8.82. The summed E-state index contributed by atoms with van der Waals surface area (Å²) in [5, 5.41) is 0. The van der Waals surface area contributed by atoms with Gasteiger partial charge in [0.1, 0.15) is 5.82 Å². The van der Waals surface area contributed by atoms with Crippen LogP contribution in [0.3, 0.4) is 0 Å². The Morgan fingerprint density at radius 1 is 1.47 bits per heavy atom. The summed E-state index contributed by atoms with van der Waals surface area (Å²) in [6, 6.07) is 3.72. The highest BCUT2D eigenvalue weighted by Gasteiger charge is 2.33. The number of nitrogens with two attached hydrogens (primary N) is 1. The van der Waals surface area contributed by atoms with Crippen molar-refractivity contribution in [1.82, 2.24) is 4.31 Å². The minimum absolute atomic E-state index is 0.0180. The van der Waals surface area contributed by atoms with Crippen molar-refractivity contribution in [2.24, 2.45) is 5.73 Å². The van der Waals surface area contributed by atoms with Crippen LogP contribution in [-0.2, 0) is 10.0 Å². The van der Waals surface area contributed by atoms with Crippen LogP contribution in [0.4, 0.5) is 4.39 Å². The van der Waals surface area contributed by atoms with Crippen molar-refractivity contribution >= 4 is 26.0 Å². The van der Waals surface area contributed by atoms with Crippen LogP contribution < -0.4 is 5.73 Å². The Hall–Kier alpha value is -0.500. The molecule has 0 radical (unpaired) electrons. The molecule has 1 saturated heterocycles. The van der Waals surface area contributed by atoms with Crippen molar-refractivity contribution < 1.29 is 12.8 Å². The summed E-state index contributed by atoms with van der Waals surface area (Å²) >= 11 is 3.01. The van der Waals surface area contributed by atoms with E-state index in [4.69, 9.17) is 5.73 Å². The molecular weight excluding hydrogens is 335 g/mol. The largest absolute Gasteiger partial charge is 0.328 e. The number of halogens is 2. The number of piperidine rings is 1. The van der Waals surface area contributed by atoms with E-state index in [1.54, 1.807) is 0 Å². The third-order valence-electron chi connectivity index (χ3n) is 3.35. The van der Waals surface area contributed by atoms with E-state index in [9.17, 15) is 12.8 Å². The van der Waals surface area contributed by atoms with Crippen molar-refractivity contribution in [1.29, 1.82) is 0 Å². The molecule has 0 spiro atoms. The maximum Gasteiger partial charge on any atom is 0.243 e. The SMILES string of the molecule is CC1CC(N)CCN1S(=O)(=O)c1ccc(Br)c(F)c1. The summed E-state index contributed by atoms with van der Waals surface area (Å²) in [5.74, 6) is -0.581. The second-order valence-corrected chi connectivity index (χ2v) is 7.57. The van der Waals surface area contributed by atoms with Crippen LogP contribution in [0, 0.1) is 5.82 Å². The van der Waals surface area contributed by atoms with Gasteiger partial charge in [-0.25, -0.2) is 12.8 Å². The van der Waals surface area contributed by atoms with Gasteiger partial charge in [0.05, 0.1) is 9.37 Å². The monoisotopic (exact) mass is 350 g/mol. The fourth-order valence-corrected chi connectivity index (χ4v) is 4.23. The van der Waals surface area contributed by atoms with Crippen LogP contribution >= 0.6 is 15.9 Å². The molecule has 2 rings (SSSR count). The van der Waals surface area contributed by atoms with Gasteiger partial charge in [-0.15, -0.1) is 0 Å². The lowest BCUT2D eigenvalue weighted by Crippen LogP contribution is -2.48. The zero-order chi connectivity index (χ0) is 14.2. The number of nitrogens with zero attached hydrogens (tertiary/aromatic N) is 1. The fraction of sp³-hybridized carbons (Fsp3) is 0.500. The van der Waals surface area contributed by atoms with Crippen molar-refractivity contribution in [2.45, 2.75) is 36.7 Å². The fourth-order valence-electron chi connectivity index (χ4n) is 2.32. The van der Waals surface area contributed by atoms with Gasteiger partial charge in [0.15, 0.2) is 0 Å². The van der Waals surface area contributed by atoms with Gasteiger partial charge in [0.25, 0.3) is 0 Å². The standard InChI is InChI=1S/C12H16BrFN2O2S/c1-8-6-9(15)4-5-16(8)19(17,18)10-2-3-11(13)12(14)7-10/h2-3,7-9H,4-6,15H2,1H3. The lowest BCUT2D eigenvalue weighted by Gasteiger charge is -2.35. The molecule has 4 nitrogen and oxygen atoms in total.